The van der Waals surface area contributed by atoms with E-state index in [1.165, 1.54) is 29.5 Å². The third-order valence-electron chi connectivity index (χ3n) is 3.69. The monoisotopic (exact) mass is 304 g/mol. The molecule has 2 nitrogen and oxygen atoms in total. The SMILES string of the molecule is CC(C)c1nc(Cc2cccc(F)c2)sc1CNC1CC1. The van der Waals surface area contributed by atoms with Crippen molar-refractivity contribution in [1.82, 2.24) is 10.3 Å². The highest BCUT2D eigenvalue weighted by Crippen LogP contribution is 2.28. The van der Waals surface area contributed by atoms with Crippen LogP contribution in [0.15, 0.2) is 24.3 Å². The van der Waals surface area contributed by atoms with Gasteiger partial charge in [-0.25, -0.2) is 9.37 Å². The molecule has 1 saturated carbocycles. The molecule has 3 rings (SSSR count). The number of rotatable bonds is 6. The first kappa shape index (κ1) is 14.7. The van der Waals surface area contributed by atoms with Gasteiger partial charge in [0.05, 0.1) is 10.7 Å². The van der Waals surface area contributed by atoms with Crippen molar-refractivity contribution >= 4 is 11.3 Å². The summed E-state index contributed by atoms with van der Waals surface area (Å²) in [6.45, 7) is 5.28. The summed E-state index contributed by atoms with van der Waals surface area (Å²) in [7, 11) is 0. The molecule has 1 heterocycles. The summed E-state index contributed by atoms with van der Waals surface area (Å²) in [5.41, 5.74) is 2.18. The molecular formula is C17H21FN2S. The van der Waals surface area contributed by atoms with E-state index in [1.807, 2.05) is 6.07 Å². The summed E-state index contributed by atoms with van der Waals surface area (Å²) in [4.78, 5) is 6.13. The van der Waals surface area contributed by atoms with Crippen LogP contribution in [0.3, 0.4) is 0 Å². The minimum Gasteiger partial charge on any atom is -0.309 e. The van der Waals surface area contributed by atoms with E-state index in [0.717, 1.165) is 17.1 Å². The second-order valence-corrected chi connectivity index (χ2v) is 7.20. The van der Waals surface area contributed by atoms with Gasteiger partial charge in [0.15, 0.2) is 0 Å². The van der Waals surface area contributed by atoms with Gasteiger partial charge >= 0.3 is 0 Å². The van der Waals surface area contributed by atoms with E-state index in [2.05, 4.69) is 19.2 Å². The van der Waals surface area contributed by atoms with Crippen LogP contribution in [0.5, 0.6) is 0 Å². The Labute approximate surface area is 129 Å². The maximum absolute atomic E-state index is 13.3. The Balaban J connectivity index is 1.76. The summed E-state index contributed by atoms with van der Waals surface area (Å²) in [6.07, 6.45) is 3.31. The first-order valence-electron chi connectivity index (χ1n) is 7.58. The van der Waals surface area contributed by atoms with Crippen LogP contribution in [0.1, 0.15) is 53.7 Å². The van der Waals surface area contributed by atoms with E-state index in [1.54, 1.807) is 23.5 Å². The minimum atomic E-state index is -0.177. The van der Waals surface area contributed by atoms with Crippen LogP contribution in [0.25, 0.3) is 0 Å². The molecule has 0 unspecified atom stereocenters. The van der Waals surface area contributed by atoms with Crippen LogP contribution in [-0.4, -0.2) is 11.0 Å². The predicted octanol–water partition coefficient (Wildman–Crippen LogP) is 4.25. The zero-order valence-corrected chi connectivity index (χ0v) is 13.3. The maximum Gasteiger partial charge on any atom is 0.123 e. The predicted molar refractivity (Wildman–Crippen MR) is 85.3 cm³/mol. The van der Waals surface area contributed by atoms with Gasteiger partial charge in [-0.3, -0.25) is 0 Å². The van der Waals surface area contributed by atoms with Crippen LogP contribution < -0.4 is 5.32 Å². The third kappa shape index (κ3) is 3.89. The van der Waals surface area contributed by atoms with Gasteiger partial charge in [0.25, 0.3) is 0 Å². The van der Waals surface area contributed by atoms with E-state index in [4.69, 9.17) is 4.98 Å². The number of nitrogens with one attached hydrogen (secondary N) is 1. The molecule has 0 saturated heterocycles. The number of hydrogen-bond donors (Lipinski definition) is 1. The maximum atomic E-state index is 13.3. The van der Waals surface area contributed by atoms with Crippen LogP contribution in [0.2, 0.25) is 0 Å². The molecule has 1 aliphatic rings. The summed E-state index contributed by atoms with van der Waals surface area (Å²) in [5, 5.41) is 4.65. The van der Waals surface area contributed by atoms with E-state index >= 15 is 0 Å². The van der Waals surface area contributed by atoms with Crippen LogP contribution in [0, 0.1) is 5.82 Å². The molecule has 21 heavy (non-hydrogen) atoms. The Morgan fingerprint density at radius 2 is 2.19 bits per heavy atom. The Bertz CT molecular complexity index is 617. The van der Waals surface area contributed by atoms with Crippen molar-refractivity contribution < 1.29 is 4.39 Å². The van der Waals surface area contributed by atoms with Gasteiger partial charge in [0.2, 0.25) is 0 Å². The quantitative estimate of drug-likeness (QED) is 0.863. The molecule has 1 aromatic carbocycles. The average molecular weight is 304 g/mol. The minimum absolute atomic E-state index is 0.177. The fraction of sp³-hybridized carbons (Fsp3) is 0.471. The van der Waals surface area contributed by atoms with Crippen molar-refractivity contribution in [3.63, 3.8) is 0 Å². The molecule has 1 N–H and O–H groups in total. The Morgan fingerprint density at radius 1 is 1.38 bits per heavy atom. The van der Waals surface area contributed by atoms with Crippen LogP contribution in [0.4, 0.5) is 4.39 Å². The summed E-state index contributed by atoms with van der Waals surface area (Å²) >= 11 is 1.76. The number of thiazole rings is 1. The van der Waals surface area contributed by atoms with Gasteiger partial charge in [0, 0.05) is 23.9 Å². The Hall–Kier alpha value is -1.26. The van der Waals surface area contributed by atoms with Gasteiger partial charge in [-0.1, -0.05) is 26.0 Å². The van der Waals surface area contributed by atoms with Crippen molar-refractivity contribution in [2.75, 3.05) is 0 Å². The standard InChI is InChI=1S/C17H21FN2S/c1-11(2)17-15(10-19-14-6-7-14)21-16(20-17)9-12-4-3-5-13(18)8-12/h3-5,8,11,14,19H,6-7,9-10H2,1-2H3. The molecule has 2 aromatic rings. The lowest BCUT2D eigenvalue weighted by Crippen LogP contribution is -2.15. The lowest BCUT2D eigenvalue weighted by atomic mass is 10.1. The van der Waals surface area contributed by atoms with Crippen molar-refractivity contribution in [3.05, 3.63) is 51.2 Å². The Morgan fingerprint density at radius 3 is 2.86 bits per heavy atom. The smallest absolute Gasteiger partial charge is 0.123 e. The van der Waals surface area contributed by atoms with Gasteiger partial charge in [-0.2, -0.15) is 0 Å². The van der Waals surface area contributed by atoms with Crippen molar-refractivity contribution in [2.24, 2.45) is 0 Å². The third-order valence-corrected chi connectivity index (χ3v) is 4.76. The highest BCUT2D eigenvalue weighted by atomic mass is 32.1. The summed E-state index contributed by atoms with van der Waals surface area (Å²) in [6, 6.07) is 7.51. The highest BCUT2D eigenvalue weighted by Gasteiger charge is 2.22. The van der Waals surface area contributed by atoms with Gasteiger partial charge < -0.3 is 5.32 Å². The molecule has 0 aliphatic heterocycles. The zero-order chi connectivity index (χ0) is 14.8. The van der Waals surface area contributed by atoms with E-state index in [-0.39, 0.29) is 5.82 Å². The molecule has 4 heteroatoms. The van der Waals surface area contributed by atoms with E-state index < -0.39 is 0 Å². The largest absolute Gasteiger partial charge is 0.309 e. The molecule has 0 atom stereocenters. The molecule has 1 aliphatic carbocycles. The van der Waals surface area contributed by atoms with Gasteiger partial charge in [0.1, 0.15) is 5.82 Å². The molecule has 1 fully saturated rings. The van der Waals surface area contributed by atoms with Gasteiger partial charge in [-0.05, 0) is 36.5 Å². The van der Waals surface area contributed by atoms with Crippen molar-refractivity contribution in [2.45, 2.75) is 51.6 Å². The van der Waals surface area contributed by atoms with Crippen molar-refractivity contribution in [3.8, 4) is 0 Å². The lowest BCUT2D eigenvalue weighted by molar-refractivity contribution is 0.626. The van der Waals surface area contributed by atoms with E-state index in [9.17, 15) is 4.39 Å². The van der Waals surface area contributed by atoms with Crippen LogP contribution >= 0.6 is 11.3 Å². The fourth-order valence-electron chi connectivity index (χ4n) is 2.41. The number of benzene rings is 1. The average Bonchev–Trinajstić information content (AvgIpc) is 3.17. The summed E-state index contributed by atoms with van der Waals surface area (Å²) < 4.78 is 13.3. The molecular weight excluding hydrogens is 283 g/mol. The summed E-state index contributed by atoms with van der Waals surface area (Å²) in [5.74, 6) is 0.252. The second-order valence-electron chi connectivity index (χ2n) is 6.03. The molecule has 0 amide bonds. The number of aromatic nitrogens is 1. The van der Waals surface area contributed by atoms with E-state index in [0.29, 0.717) is 18.4 Å². The molecule has 1 aromatic heterocycles. The molecule has 0 spiro atoms. The van der Waals surface area contributed by atoms with Gasteiger partial charge in [-0.15, -0.1) is 11.3 Å². The molecule has 0 bridgehead atoms. The lowest BCUT2D eigenvalue weighted by Gasteiger charge is -2.05. The topological polar surface area (TPSA) is 24.9 Å². The normalized spacial score (nSPS) is 14.9. The molecule has 0 radical (unpaired) electrons. The first-order chi connectivity index (χ1) is 10.1. The zero-order valence-electron chi connectivity index (χ0n) is 12.5. The first-order valence-corrected chi connectivity index (χ1v) is 8.40. The van der Waals surface area contributed by atoms with Crippen LogP contribution in [-0.2, 0) is 13.0 Å². The fourth-order valence-corrected chi connectivity index (χ4v) is 3.62. The highest BCUT2D eigenvalue weighted by molar-refractivity contribution is 7.11. The molecule has 112 valence electrons. The number of hydrogen-bond acceptors (Lipinski definition) is 3. The Kier molecular flexibility index (Phi) is 4.36. The second kappa shape index (κ2) is 6.24. The number of halogens is 1. The number of nitrogens with zero attached hydrogens (tertiary/aromatic N) is 1. The van der Waals surface area contributed by atoms with Crippen molar-refractivity contribution in [1.29, 1.82) is 0 Å².